The largest absolute Gasteiger partial charge is 0.0619 e. The van der Waals surface area contributed by atoms with Crippen LogP contribution in [0.2, 0.25) is 0 Å². The topological polar surface area (TPSA) is 0 Å². The zero-order chi connectivity index (χ0) is 13.6. The predicted octanol–water partition coefficient (Wildman–Crippen LogP) is 5.12. The molecular weight excluding hydrogens is 228 g/mol. The number of hydrogen-bond acceptors (Lipinski definition) is 0. The Morgan fingerprint density at radius 2 is 1.58 bits per heavy atom. The Kier molecular flexibility index (Phi) is 2.78. The summed E-state index contributed by atoms with van der Waals surface area (Å²) in [5, 5.41) is 0. The summed E-state index contributed by atoms with van der Waals surface area (Å²) in [7, 11) is 0. The number of benzene rings is 2. The highest BCUT2D eigenvalue weighted by atomic mass is 14.4. The van der Waals surface area contributed by atoms with Crippen molar-refractivity contribution in [3.8, 4) is 11.1 Å². The minimum atomic E-state index is 0.141. The van der Waals surface area contributed by atoms with E-state index in [0.717, 1.165) is 12.8 Å². The molecule has 0 unspecified atom stereocenters. The summed E-state index contributed by atoms with van der Waals surface area (Å²) in [6.07, 6.45) is 2.25. The van der Waals surface area contributed by atoms with Crippen LogP contribution in [0.4, 0.5) is 0 Å². The van der Waals surface area contributed by atoms with Crippen LogP contribution < -0.4 is 0 Å². The summed E-state index contributed by atoms with van der Waals surface area (Å²) in [6.45, 7) is 9.24. The maximum absolute atomic E-state index is 2.35. The molecule has 0 spiro atoms. The first kappa shape index (κ1) is 12.5. The van der Waals surface area contributed by atoms with Crippen molar-refractivity contribution in [1.29, 1.82) is 0 Å². The quantitative estimate of drug-likeness (QED) is 0.694. The molecule has 0 saturated carbocycles. The first-order valence-electron chi connectivity index (χ1n) is 7.36. The van der Waals surface area contributed by atoms with Crippen LogP contribution in [0.1, 0.15) is 49.9 Å². The second kappa shape index (κ2) is 4.23. The monoisotopic (exact) mass is 250 g/mol. The fourth-order valence-corrected chi connectivity index (χ4v) is 3.65. The zero-order valence-corrected chi connectivity index (χ0v) is 12.4. The normalized spacial score (nSPS) is 15.2. The maximum atomic E-state index is 2.35. The van der Waals surface area contributed by atoms with Gasteiger partial charge in [-0.1, -0.05) is 64.1 Å². The smallest absolute Gasteiger partial charge is 0.0158 e. The molecule has 0 aliphatic heterocycles. The lowest BCUT2D eigenvalue weighted by molar-refractivity contribution is 0.659. The van der Waals surface area contributed by atoms with Crippen molar-refractivity contribution in [2.75, 3.05) is 0 Å². The summed E-state index contributed by atoms with van der Waals surface area (Å²) in [6, 6.07) is 13.6. The van der Waals surface area contributed by atoms with Gasteiger partial charge >= 0.3 is 0 Å². The third-order valence-corrected chi connectivity index (χ3v) is 4.69. The predicted molar refractivity (Wildman–Crippen MR) is 82.8 cm³/mol. The zero-order valence-electron chi connectivity index (χ0n) is 12.4. The van der Waals surface area contributed by atoms with E-state index in [2.05, 4.69) is 64.1 Å². The number of aryl methyl sites for hydroxylation is 1. The first-order chi connectivity index (χ1) is 9.11. The Morgan fingerprint density at radius 1 is 0.842 bits per heavy atom. The van der Waals surface area contributed by atoms with Gasteiger partial charge < -0.3 is 0 Å². The average molecular weight is 250 g/mol. The molecule has 0 heteroatoms. The fraction of sp³-hybridized carbons (Fsp3) is 0.368. The molecule has 0 amide bonds. The van der Waals surface area contributed by atoms with Crippen LogP contribution in [0.3, 0.4) is 0 Å². The summed E-state index contributed by atoms with van der Waals surface area (Å²) < 4.78 is 0. The molecule has 1 aliphatic carbocycles. The highest BCUT2D eigenvalue weighted by Gasteiger charge is 2.36. The molecule has 0 saturated heterocycles. The SMILES string of the molecule is CCc1ccc2c(c1CC)-c1ccccc1C2(C)C. The Labute approximate surface area is 116 Å². The molecule has 98 valence electrons. The molecule has 0 bridgehead atoms. The minimum Gasteiger partial charge on any atom is -0.0619 e. The molecule has 0 aromatic heterocycles. The fourth-order valence-electron chi connectivity index (χ4n) is 3.65. The van der Waals surface area contributed by atoms with Gasteiger partial charge in [0, 0.05) is 5.41 Å². The van der Waals surface area contributed by atoms with Gasteiger partial charge in [-0.25, -0.2) is 0 Å². The van der Waals surface area contributed by atoms with E-state index >= 15 is 0 Å². The van der Waals surface area contributed by atoms with Crippen molar-refractivity contribution in [3.63, 3.8) is 0 Å². The van der Waals surface area contributed by atoms with Crippen molar-refractivity contribution in [1.82, 2.24) is 0 Å². The van der Waals surface area contributed by atoms with Crippen LogP contribution >= 0.6 is 0 Å². The summed E-state index contributed by atoms with van der Waals surface area (Å²) in [5.41, 5.74) is 9.15. The van der Waals surface area contributed by atoms with Gasteiger partial charge in [0.1, 0.15) is 0 Å². The molecule has 1 aliphatic rings. The van der Waals surface area contributed by atoms with Crippen molar-refractivity contribution in [3.05, 3.63) is 58.7 Å². The number of fused-ring (bicyclic) bond motifs is 3. The van der Waals surface area contributed by atoms with E-state index in [0.29, 0.717) is 0 Å². The number of rotatable bonds is 2. The third-order valence-electron chi connectivity index (χ3n) is 4.69. The van der Waals surface area contributed by atoms with Crippen LogP contribution in [0.5, 0.6) is 0 Å². The third kappa shape index (κ3) is 1.59. The van der Waals surface area contributed by atoms with Crippen LogP contribution in [0, 0.1) is 0 Å². The van der Waals surface area contributed by atoms with Crippen LogP contribution in [0.25, 0.3) is 11.1 Å². The van der Waals surface area contributed by atoms with Crippen molar-refractivity contribution in [2.24, 2.45) is 0 Å². The summed E-state index contributed by atoms with van der Waals surface area (Å²) in [5.74, 6) is 0. The van der Waals surface area contributed by atoms with E-state index in [1.54, 1.807) is 5.56 Å². The van der Waals surface area contributed by atoms with Gasteiger partial charge in [-0.3, -0.25) is 0 Å². The molecule has 3 rings (SSSR count). The van der Waals surface area contributed by atoms with Crippen molar-refractivity contribution >= 4 is 0 Å². The highest BCUT2D eigenvalue weighted by Crippen LogP contribution is 2.50. The van der Waals surface area contributed by atoms with E-state index < -0.39 is 0 Å². The molecule has 0 nitrogen and oxygen atoms in total. The molecule has 0 fully saturated rings. The first-order valence-corrected chi connectivity index (χ1v) is 7.36. The molecule has 19 heavy (non-hydrogen) atoms. The minimum absolute atomic E-state index is 0.141. The molecule has 0 heterocycles. The molecule has 0 radical (unpaired) electrons. The van der Waals surface area contributed by atoms with Crippen LogP contribution in [-0.4, -0.2) is 0 Å². The second-order valence-electron chi connectivity index (χ2n) is 6.00. The van der Waals surface area contributed by atoms with Crippen molar-refractivity contribution < 1.29 is 0 Å². The standard InChI is InChI=1S/C19H22/c1-5-13-11-12-17-18(14(13)6-2)15-9-7-8-10-16(15)19(17,3)4/h7-12H,5-6H2,1-4H3. The van der Waals surface area contributed by atoms with E-state index in [9.17, 15) is 0 Å². The molecular formula is C19H22. The summed E-state index contributed by atoms with van der Waals surface area (Å²) in [4.78, 5) is 0. The molecule has 0 atom stereocenters. The van der Waals surface area contributed by atoms with Crippen molar-refractivity contribution in [2.45, 2.75) is 46.0 Å². The number of hydrogen-bond donors (Lipinski definition) is 0. The lowest BCUT2D eigenvalue weighted by Gasteiger charge is -2.22. The van der Waals surface area contributed by atoms with Gasteiger partial charge in [0.2, 0.25) is 0 Å². The van der Waals surface area contributed by atoms with Gasteiger partial charge in [0.05, 0.1) is 0 Å². The highest BCUT2D eigenvalue weighted by molar-refractivity contribution is 5.83. The molecule has 2 aromatic rings. The van der Waals surface area contributed by atoms with Crippen LogP contribution in [0.15, 0.2) is 36.4 Å². The Bertz CT molecular complexity index is 632. The van der Waals surface area contributed by atoms with E-state index in [-0.39, 0.29) is 5.41 Å². The van der Waals surface area contributed by atoms with Gasteiger partial charge in [-0.2, -0.15) is 0 Å². The van der Waals surface area contributed by atoms with Gasteiger partial charge in [-0.05, 0) is 46.2 Å². The average Bonchev–Trinajstić information content (AvgIpc) is 2.67. The van der Waals surface area contributed by atoms with Gasteiger partial charge in [0.15, 0.2) is 0 Å². The molecule has 2 aromatic carbocycles. The Hall–Kier alpha value is -1.56. The van der Waals surface area contributed by atoms with Gasteiger partial charge in [-0.15, -0.1) is 0 Å². The Balaban J connectivity index is 2.40. The molecule has 0 N–H and O–H groups in total. The second-order valence-corrected chi connectivity index (χ2v) is 6.00. The lowest BCUT2D eigenvalue weighted by Crippen LogP contribution is -2.15. The lowest BCUT2D eigenvalue weighted by atomic mass is 9.81. The van der Waals surface area contributed by atoms with E-state index in [1.165, 1.54) is 27.8 Å². The van der Waals surface area contributed by atoms with Gasteiger partial charge in [0.25, 0.3) is 0 Å². The summed E-state index contributed by atoms with van der Waals surface area (Å²) >= 11 is 0. The maximum Gasteiger partial charge on any atom is 0.0158 e. The van der Waals surface area contributed by atoms with E-state index in [1.807, 2.05) is 0 Å². The van der Waals surface area contributed by atoms with Crippen LogP contribution in [-0.2, 0) is 18.3 Å². The van der Waals surface area contributed by atoms with E-state index in [4.69, 9.17) is 0 Å². The Morgan fingerprint density at radius 3 is 2.26 bits per heavy atom.